The van der Waals surface area contributed by atoms with Gasteiger partial charge in [0.15, 0.2) is 5.76 Å². The predicted octanol–water partition coefficient (Wildman–Crippen LogP) is 2.41. The first-order valence-electron chi connectivity index (χ1n) is 8.73. The molecule has 2 aromatic heterocycles. The zero-order valence-electron chi connectivity index (χ0n) is 15.4. The number of carbonyl (C=O) groups is 2. The van der Waals surface area contributed by atoms with Crippen molar-refractivity contribution in [1.29, 1.82) is 0 Å². The van der Waals surface area contributed by atoms with Gasteiger partial charge >= 0.3 is 6.09 Å². The van der Waals surface area contributed by atoms with Gasteiger partial charge in [-0.2, -0.15) is 0 Å². The van der Waals surface area contributed by atoms with Gasteiger partial charge in [-0.3, -0.25) is 4.79 Å². The summed E-state index contributed by atoms with van der Waals surface area (Å²) in [6.07, 6.45) is 5.43. The van der Waals surface area contributed by atoms with Crippen LogP contribution in [0.15, 0.2) is 35.3 Å². The molecule has 0 saturated carbocycles. The van der Waals surface area contributed by atoms with Gasteiger partial charge in [-0.25, -0.2) is 9.78 Å². The summed E-state index contributed by atoms with van der Waals surface area (Å²) in [5, 5.41) is 5.58. The number of aromatic nitrogens is 2. The molecule has 0 aliphatic rings. The first-order valence-corrected chi connectivity index (χ1v) is 8.73. The van der Waals surface area contributed by atoms with Crippen molar-refractivity contribution >= 4 is 12.0 Å². The molecule has 2 aromatic rings. The van der Waals surface area contributed by atoms with E-state index in [1.165, 1.54) is 0 Å². The second-order valence-corrected chi connectivity index (χ2v) is 6.40. The van der Waals surface area contributed by atoms with Crippen molar-refractivity contribution in [3.63, 3.8) is 0 Å². The topological polar surface area (TPSA) is 98.4 Å². The molecule has 0 aliphatic heterocycles. The third-order valence-corrected chi connectivity index (χ3v) is 3.65. The third-order valence-electron chi connectivity index (χ3n) is 3.65. The molecule has 0 radical (unpaired) electrons. The molecule has 26 heavy (non-hydrogen) atoms. The largest absolute Gasteiger partial charge is 0.454 e. The minimum atomic E-state index is -0.479. The van der Waals surface area contributed by atoms with Gasteiger partial charge in [-0.15, -0.1) is 0 Å². The molecule has 0 aliphatic carbocycles. The lowest BCUT2D eigenvalue weighted by molar-refractivity contribution is 0.0915. The lowest BCUT2D eigenvalue weighted by Crippen LogP contribution is -2.44. The van der Waals surface area contributed by atoms with Crippen LogP contribution in [0.1, 0.15) is 43.5 Å². The fourth-order valence-electron chi connectivity index (χ4n) is 2.55. The van der Waals surface area contributed by atoms with Crippen molar-refractivity contribution in [1.82, 2.24) is 20.2 Å². The number of hydrogen-bond donors (Lipinski definition) is 2. The van der Waals surface area contributed by atoms with E-state index in [0.717, 1.165) is 6.42 Å². The summed E-state index contributed by atoms with van der Waals surface area (Å²) in [6.45, 7) is 6.96. The minimum Gasteiger partial charge on any atom is -0.454 e. The minimum absolute atomic E-state index is 0.210. The monoisotopic (exact) mass is 362 g/mol. The number of carbonyl (C=O) groups excluding carboxylic acids is 2. The van der Waals surface area contributed by atoms with Gasteiger partial charge in [0.2, 0.25) is 0 Å². The van der Waals surface area contributed by atoms with Crippen LogP contribution in [0.25, 0.3) is 0 Å². The van der Waals surface area contributed by atoms with Crippen LogP contribution in [0.3, 0.4) is 0 Å². The number of hydrogen-bond acceptors (Lipinski definition) is 5. The highest BCUT2D eigenvalue weighted by atomic mass is 16.5. The van der Waals surface area contributed by atoms with Crippen molar-refractivity contribution in [2.45, 2.75) is 39.8 Å². The first kappa shape index (κ1) is 19.6. The molecule has 2 N–H and O–H groups in total. The summed E-state index contributed by atoms with van der Waals surface area (Å²) in [7, 11) is 0. The smallest absolute Gasteiger partial charge is 0.407 e. The number of nitrogens with zero attached hydrogens (tertiary/aromatic N) is 2. The number of nitrogens with one attached hydrogen (secondary N) is 2. The lowest BCUT2D eigenvalue weighted by atomic mass is 10.0. The zero-order valence-corrected chi connectivity index (χ0v) is 15.4. The Morgan fingerprint density at radius 2 is 2.15 bits per heavy atom. The maximum absolute atomic E-state index is 12.3. The standard InChI is InChI=1S/C18H26N4O4/c1-4-25-18(24)21-14(9-13(2)3)10-20-17(23)16-6-5-15(26-16)11-22-8-7-19-12-22/h5-8,12-14H,4,9-11H2,1-3H3,(H,20,23)(H,21,24)/t14-/m0/s1. The van der Waals surface area contributed by atoms with Gasteiger partial charge in [0, 0.05) is 25.0 Å². The molecule has 1 atom stereocenters. The molecule has 2 rings (SSSR count). The van der Waals surface area contributed by atoms with Crippen LogP contribution in [0, 0.1) is 5.92 Å². The van der Waals surface area contributed by atoms with E-state index in [2.05, 4.69) is 29.5 Å². The van der Waals surface area contributed by atoms with Crippen LogP contribution in [0.4, 0.5) is 4.79 Å². The normalized spacial score (nSPS) is 12.0. The van der Waals surface area contributed by atoms with E-state index in [-0.39, 0.29) is 17.7 Å². The SMILES string of the molecule is CCOC(=O)N[C@H](CNC(=O)c1ccc(Cn2ccnc2)o1)CC(C)C. The van der Waals surface area contributed by atoms with Crippen LogP contribution >= 0.6 is 0 Å². The fourth-order valence-corrected chi connectivity index (χ4v) is 2.55. The maximum atomic E-state index is 12.3. The van der Waals surface area contributed by atoms with E-state index in [4.69, 9.17) is 9.15 Å². The lowest BCUT2D eigenvalue weighted by Gasteiger charge is -2.20. The molecule has 0 fully saturated rings. The average Bonchev–Trinajstić information content (AvgIpc) is 3.24. The van der Waals surface area contributed by atoms with E-state index in [9.17, 15) is 9.59 Å². The molecule has 8 nitrogen and oxygen atoms in total. The summed E-state index contributed by atoms with van der Waals surface area (Å²) in [5.74, 6) is 0.946. The van der Waals surface area contributed by atoms with Crippen molar-refractivity contribution in [2.75, 3.05) is 13.2 Å². The van der Waals surface area contributed by atoms with E-state index in [0.29, 0.717) is 31.4 Å². The Morgan fingerprint density at radius 1 is 1.35 bits per heavy atom. The van der Waals surface area contributed by atoms with Gasteiger partial charge in [0.25, 0.3) is 5.91 Å². The molecule has 142 valence electrons. The van der Waals surface area contributed by atoms with Crippen LogP contribution in [-0.4, -0.2) is 40.7 Å². The highest BCUT2D eigenvalue weighted by Crippen LogP contribution is 2.10. The Bertz CT molecular complexity index is 694. The highest BCUT2D eigenvalue weighted by molar-refractivity contribution is 5.91. The summed E-state index contributed by atoms with van der Waals surface area (Å²) >= 11 is 0. The Balaban J connectivity index is 1.88. The molecule has 0 spiro atoms. The van der Waals surface area contributed by atoms with E-state index in [1.54, 1.807) is 31.6 Å². The number of ether oxygens (including phenoxy) is 1. The van der Waals surface area contributed by atoms with E-state index < -0.39 is 6.09 Å². The molecular formula is C18H26N4O4. The Kier molecular flexibility index (Phi) is 7.25. The Morgan fingerprint density at radius 3 is 2.81 bits per heavy atom. The van der Waals surface area contributed by atoms with E-state index in [1.807, 2.05) is 10.8 Å². The average molecular weight is 362 g/mol. The van der Waals surface area contributed by atoms with Crippen LogP contribution in [-0.2, 0) is 11.3 Å². The highest BCUT2D eigenvalue weighted by Gasteiger charge is 2.18. The first-order chi connectivity index (χ1) is 12.5. The quantitative estimate of drug-likeness (QED) is 0.714. The number of furan rings is 1. The van der Waals surface area contributed by atoms with E-state index >= 15 is 0 Å². The summed E-state index contributed by atoms with van der Waals surface area (Å²) in [5.41, 5.74) is 0. The Hall–Kier alpha value is -2.77. The predicted molar refractivity (Wildman–Crippen MR) is 95.8 cm³/mol. The van der Waals surface area contributed by atoms with Crippen molar-refractivity contribution < 1.29 is 18.7 Å². The van der Waals surface area contributed by atoms with Crippen molar-refractivity contribution in [2.24, 2.45) is 5.92 Å². The van der Waals surface area contributed by atoms with Crippen LogP contribution in [0.5, 0.6) is 0 Å². The molecule has 2 heterocycles. The number of rotatable bonds is 9. The molecule has 0 unspecified atom stereocenters. The Labute approximate surface area is 152 Å². The third kappa shape index (κ3) is 6.27. The number of imidazole rings is 1. The summed E-state index contributed by atoms with van der Waals surface area (Å²) in [4.78, 5) is 27.9. The van der Waals surface area contributed by atoms with Gasteiger partial charge < -0.3 is 24.4 Å². The number of amides is 2. The van der Waals surface area contributed by atoms with Crippen molar-refractivity contribution in [3.05, 3.63) is 42.4 Å². The number of alkyl carbamates (subject to hydrolysis) is 1. The molecule has 8 heteroatoms. The molecule has 0 aromatic carbocycles. The summed E-state index contributed by atoms with van der Waals surface area (Å²) < 4.78 is 12.3. The molecule has 2 amide bonds. The second-order valence-electron chi connectivity index (χ2n) is 6.40. The summed E-state index contributed by atoms with van der Waals surface area (Å²) in [6, 6.07) is 3.19. The second kappa shape index (κ2) is 9.65. The molecule has 0 bridgehead atoms. The van der Waals surface area contributed by atoms with Gasteiger partial charge in [-0.1, -0.05) is 13.8 Å². The molecular weight excluding hydrogens is 336 g/mol. The fraction of sp³-hybridized carbons (Fsp3) is 0.500. The molecule has 0 saturated heterocycles. The van der Waals surface area contributed by atoms with Crippen LogP contribution in [0.2, 0.25) is 0 Å². The maximum Gasteiger partial charge on any atom is 0.407 e. The van der Waals surface area contributed by atoms with Crippen molar-refractivity contribution in [3.8, 4) is 0 Å². The van der Waals surface area contributed by atoms with Gasteiger partial charge in [0.1, 0.15) is 5.76 Å². The van der Waals surface area contributed by atoms with Crippen LogP contribution < -0.4 is 10.6 Å². The zero-order chi connectivity index (χ0) is 18.9. The van der Waals surface area contributed by atoms with Gasteiger partial charge in [-0.05, 0) is 31.4 Å². The van der Waals surface area contributed by atoms with Gasteiger partial charge in [0.05, 0.1) is 19.5 Å².